The molecule has 1 aliphatic rings. The maximum atomic E-state index is 12.9. The van der Waals surface area contributed by atoms with Crippen LogP contribution in [-0.2, 0) is 4.79 Å². The molecule has 2 heterocycles. The fraction of sp³-hybridized carbons (Fsp3) is 0.0952. The first kappa shape index (κ1) is 19.5. The number of allylic oxidation sites excluding steroid dienone is 1. The molecule has 1 unspecified atom stereocenters. The Balaban J connectivity index is 1.68. The Bertz CT molecular complexity index is 1160. The third kappa shape index (κ3) is 3.60. The van der Waals surface area contributed by atoms with Crippen molar-refractivity contribution in [3.05, 3.63) is 82.7 Å². The van der Waals surface area contributed by atoms with Crippen molar-refractivity contribution in [3.8, 4) is 5.75 Å². The Hall–Kier alpha value is -3.78. The smallest absolute Gasteiger partial charge is 0.352 e. The summed E-state index contributed by atoms with van der Waals surface area (Å²) in [6, 6.07) is 13.7. The number of amides is 1. The van der Waals surface area contributed by atoms with Gasteiger partial charge in [-0.05, 0) is 29.8 Å². The van der Waals surface area contributed by atoms with Crippen LogP contribution in [0.3, 0.4) is 0 Å². The van der Waals surface area contributed by atoms with Crippen molar-refractivity contribution in [3.63, 3.8) is 0 Å². The fourth-order valence-electron chi connectivity index (χ4n) is 3.22. The summed E-state index contributed by atoms with van der Waals surface area (Å²) in [6.07, 6.45) is 2.96. The average Bonchev–Trinajstić information content (AvgIpc) is 3.18. The van der Waals surface area contributed by atoms with E-state index in [1.54, 1.807) is 29.0 Å². The number of benzene rings is 2. The molecule has 3 N–H and O–H groups in total. The molecular formula is C21H17ClN4O4. The zero-order valence-electron chi connectivity index (χ0n) is 15.8. The zero-order chi connectivity index (χ0) is 21.3. The summed E-state index contributed by atoms with van der Waals surface area (Å²) in [5.41, 5.74) is 1.49. The van der Waals surface area contributed by atoms with Gasteiger partial charge in [0.25, 0.3) is 5.91 Å². The third-order valence-electron chi connectivity index (χ3n) is 4.66. The highest BCUT2D eigenvalue weighted by atomic mass is 35.5. The van der Waals surface area contributed by atoms with Crippen LogP contribution in [0.15, 0.2) is 66.5 Å². The van der Waals surface area contributed by atoms with Gasteiger partial charge >= 0.3 is 5.97 Å². The van der Waals surface area contributed by atoms with E-state index in [9.17, 15) is 14.7 Å². The monoisotopic (exact) mass is 424 g/mol. The lowest BCUT2D eigenvalue weighted by Gasteiger charge is -2.24. The topological polar surface area (TPSA) is 105 Å². The van der Waals surface area contributed by atoms with Crippen molar-refractivity contribution in [1.82, 2.24) is 9.78 Å². The maximum absolute atomic E-state index is 12.9. The van der Waals surface area contributed by atoms with Gasteiger partial charge in [-0.1, -0.05) is 41.9 Å². The number of rotatable bonds is 5. The lowest BCUT2D eigenvalue weighted by molar-refractivity contribution is -0.132. The quantitative estimate of drug-likeness (QED) is 0.575. The Morgan fingerprint density at radius 2 is 2.00 bits per heavy atom. The summed E-state index contributed by atoms with van der Waals surface area (Å²) in [7, 11) is 1.50. The number of carbonyl (C=O) groups excluding carboxylic acids is 1. The molecule has 1 atom stereocenters. The van der Waals surface area contributed by atoms with Gasteiger partial charge in [0.1, 0.15) is 22.8 Å². The number of carboxylic acids is 1. The van der Waals surface area contributed by atoms with Crippen LogP contribution in [0.5, 0.6) is 5.75 Å². The molecule has 3 aromatic rings. The molecule has 0 aliphatic carbocycles. The SMILES string of the molecule is COc1ccc(NC(=O)c2cnn3c2NC(C(=O)O)=CC3c2ccccc2)cc1Cl. The Labute approximate surface area is 176 Å². The van der Waals surface area contributed by atoms with E-state index in [0.29, 0.717) is 22.3 Å². The molecule has 0 saturated heterocycles. The van der Waals surface area contributed by atoms with Crippen LogP contribution in [-0.4, -0.2) is 33.9 Å². The Morgan fingerprint density at radius 3 is 2.67 bits per heavy atom. The van der Waals surface area contributed by atoms with Crippen molar-refractivity contribution < 1.29 is 19.4 Å². The number of fused-ring (bicyclic) bond motifs is 1. The second-order valence-electron chi connectivity index (χ2n) is 6.52. The van der Waals surface area contributed by atoms with Crippen LogP contribution in [0.25, 0.3) is 0 Å². The highest BCUT2D eigenvalue weighted by molar-refractivity contribution is 6.32. The van der Waals surface area contributed by atoms with Gasteiger partial charge in [-0.3, -0.25) is 4.79 Å². The molecule has 8 nitrogen and oxygen atoms in total. The first-order valence-electron chi connectivity index (χ1n) is 8.97. The number of hydrogen-bond donors (Lipinski definition) is 3. The second kappa shape index (κ2) is 7.92. The average molecular weight is 425 g/mol. The molecule has 1 aliphatic heterocycles. The third-order valence-corrected chi connectivity index (χ3v) is 4.96. The van der Waals surface area contributed by atoms with Gasteiger partial charge in [0.05, 0.1) is 24.4 Å². The minimum Gasteiger partial charge on any atom is -0.495 e. The van der Waals surface area contributed by atoms with E-state index in [1.165, 1.54) is 13.3 Å². The van der Waals surface area contributed by atoms with E-state index in [4.69, 9.17) is 16.3 Å². The largest absolute Gasteiger partial charge is 0.495 e. The normalized spacial score (nSPS) is 14.9. The number of carbonyl (C=O) groups is 2. The second-order valence-corrected chi connectivity index (χ2v) is 6.93. The Kier molecular flexibility index (Phi) is 5.16. The van der Waals surface area contributed by atoms with Crippen LogP contribution in [0, 0.1) is 0 Å². The Morgan fingerprint density at radius 1 is 1.23 bits per heavy atom. The molecule has 9 heteroatoms. The van der Waals surface area contributed by atoms with E-state index < -0.39 is 17.9 Å². The molecule has 0 spiro atoms. The van der Waals surface area contributed by atoms with Crippen LogP contribution in [0.1, 0.15) is 22.0 Å². The fourth-order valence-corrected chi connectivity index (χ4v) is 3.47. The van der Waals surface area contributed by atoms with Crippen molar-refractivity contribution in [2.75, 3.05) is 17.7 Å². The standard InChI is InChI=1S/C21H17ClN4O4/c1-30-18-8-7-13(9-15(18)22)24-20(27)14-11-23-26-17(12-5-3-2-4-6-12)10-16(21(28)29)25-19(14)26/h2-11,17,25H,1H3,(H,24,27)(H,28,29). The highest BCUT2D eigenvalue weighted by Crippen LogP contribution is 2.33. The van der Waals surface area contributed by atoms with E-state index in [2.05, 4.69) is 15.7 Å². The lowest BCUT2D eigenvalue weighted by Crippen LogP contribution is -2.25. The molecule has 4 rings (SSSR count). The number of anilines is 2. The first-order valence-corrected chi connectivity index (χ1v) is 9.35. The van der Waals surface area contributed by atoms with Crippen molar-refractivity contribution in [1.29, 1.82) is 0 Å². The molecule has 1 aromatic heterocycles. The van der Waals surface area contributed by atoms with Crippen LogP contribution >= 0.6 is 11.6 Å². The molecule has 2 aromatic carbocycles. The van der Waals surface area contributed by atoms with Gasteiger partial charge in [0.2, 0.25) is 0 Å². The molecule has 1 amide bonds. The summed E-state index contributed by atoms with van der Waals surface area (Å²) in [5, 5.41) is 19.7. The van der Waals surface area contributed by atoms with Gasteiger partial charge in [0, 0.05) is 5.69 Å². The summed E-state index contributed by atoms with van der Waals surface area (Å²) in [6.45, 7) is 0. The lowest BCUT2D eigenvalue weighted by atomic mass is 10.0. The number of nitrogens with zero attached hydrogens (tertiary/aromatic N) is 2. The first-order chi connectivity index (χ1) is 14.5. The van der Waals surface area contributed by atoms with Crippen LogP contribution in [0.2, 0.25) is 5.02 Å². The maximum Gasteiger partial charge on any atom is 0.352 e. The minimum absolute atomic E-state index is 0.0293. The predicted octanol–water partition coefficient (Wildman–Crippen LogP) is 3.78. The zero-order valence-corrected chi connectivity index (χ0v) is 16.6. The molecule has 152 valence electrons. The number of nitrogens with one attached hydrogen (secondary N) is 2. The summed E-state index contributed by atoms with van der Waals surface area (Å²) < 4.78 is 6.69. The number of halogens is 1. The van der Waals surface area contributed by atoms with Gasteiger partial charge in [0.15, 0.2) is 0 Å². The van der Waals surface area contributed by atoms with Crippen LogP contribution in [0.4, 0.5) is 11.5 Å². The number of ether oxygens (including phenoxy) is 1. The summed E-state index contributed by atoms with van der Waals surface area (Å²) in [5.74, 6) is -0.804. The molecular weight excluding hydrogens is 408 g/mol. The van der Waals surface area contributed by atoms with Crippen LogP contribution < -0.4 is 15.4 Å². The highest BCUT2D eigenvalue weighted by Gasteiger charge is 2.29. The summed E-state index contributed by atoms with van der Waals surface area (Å²) in [4.78, 5) is 24.5. The minimum atomic E-state index is -1.13. The van der Waals surface area contributed by atoms with E-state index in [1.807, 2.05) is 30.3 Å². The van der Waals surface area contributed by atoms with Crippen molar-refractivity contribution in [2.24, 2.45) is 0 Å². The van der Waals surface area contributed by atoms with E-state index >= 15 is 0 Å². The molecule has 0 saturated carbocycles. The molecule has 0 fully saturated rings. The number of aromatic nitrogens is 2. The van der Waals surface area contributed by atoms with Gasteiger partial charge < -0.3 is 20.5 Å². The molecule has 30 heavy (non-hydrogen) atoms. The predicted molar refractivity (Wildman–Crippen MR) is 112 cm³/mol. The molecule has 0 bridgehead atoms. The number of hydrogen-bond acceptors (Lipinski definition) is 5. The summed E-state index contributed by atoms with van der Waals surface area (Å²) >= 11 is 6.12. The van der Waals surface area contributed by atoms with Crippen molar-refractivity contribution in [2.45, 2.75) is 6.04 Å². The van der Waals surface area contributed by atoms with Crippen molar-refractivity contribution >= 4 is 35.0 Å². The number of methoxy groups -OCH3 is 1. The number of aliphatic carboxylic acids is 1. The van der Waals surface area contributed by atoms with Gasteiger partial charge in [-0.2, -0.15) is 5.10 Å². The molecule has 0 radical (unpaired) electrons. The number of carboxylic acid groups (broad SMARTS) is 1. The van der Waals surface area contributed by atoms with Gasteiger partial charge in [-0.25, -0.2) is 9.48 Å². The van der Waals surface area contributed by atoms with Gasteiger partial charge in [-0.15, -0.1) is 0 Å². The van der Waals surface area contributed by atoms with E-state index in [-0.39, 0.29) is 11.3 Å². The van der Waals surface area contributed by atoms with E-state index in [0.717, 1.165) is 5.56 Å².